The van der Waals surface area contributed by atoms with E-state index in [0.29, 0.717) is 18.7 Å². The Morgan fingerprint density at radius 2 is 1.91 bits per heavy atom. The summed E-state index contributed by atoms with van der Waals surface area (Å²) in [6.45, 7) is 1.26. The van der Waals surface area contributed by atoms with Crippen LogP contribution in [0.4, 0.5) is 11.4 Å². The average Bonchev–Trinajstić information content (AvgIpc) is 2.55. The van der Waals surface area contributed by atoms with Gasteiger partial charge in [0.15, 0.2) is 0 Å². The molecule has 3 rings (SSSR count). The first-order valence-corrected chi connectivity index (χ1v) is 7.04. The molecule has 0 atom stereocenters. The lowest BCUT2D eigenvalue weighted by atomic mass is 10.2. The molecule has 1 N–H and O–H groups in total. The van der Waals surface area contributed by atoms with Crippen LogP contribution in [0.5, 0.6) is 5.75 Å². The van der Waals surface area contributed by atoms with E-state index in [9.17, 15) is 9.90 Å². The van der Waals surface area contributed by atoms with Crippen LogP contribution >= 0.6 is 0 Å². The Bertz CT molecular complexity index is 695. The smallest absolute Gasteiger partial charge is 0.253 e. The number of benzene rings is 2. The molecule has 1 saturated heterocycles. The second kappa shape index (κ2) is 6.41. The predicted octanol–water partition coefficient (Wildman–Crippen LogP) is 2.51. The molecule has 0 aromatic heterocycles. The van der Waals surface area contributed by atoms with Gasteiger partial charge >= 0.3 is 0 Å². The third-order valence-corrected chi connectivity index (χ3v) is 3.44. The highest BCUT2D eigenvalue weighted by Crippen LogP contribution is 2.22. The van der Waals surface area contributed by atoms with E-state index >= 15 is 0 Å². The van der Waals surface area contributed by atoms with E-state index in [0.717, 1.165) is 11.4 Å². The molecule has 2 aromatic carbocycles. The van der Waals surface area contributed by atoms with Crippen LogP contribution in [0.1, 0.15) is 5.56 Å². The highest BCUT2D eigenvalue weighted by molar-refractivity contribution is 5.95. The highest BCUT2D eigenvalue weighted by Gasteiger charge is 2.19. The monoisotopic (exact) mass is 296 g/mol. The Morgan fingerprint density at radius 3 is 2.64 bits per heavy atom. The van der Waals surface area contributed by atoms with Gasteiger partial charge in [0.1, 0.15) is 12.4 Å². The maximum absolute atomic E-state index is 11.8. The summed E-state index contributed by atoms with van der Waals surface area (Å²) in [7, 11) is 0. The number of ether oxygens (including phenoxy) is 1. The van der Waals surface area contributed by atoms with Gasteiger partial charge in [-0.15, -0.1) is 0 Å². The molecule has 0 unspecified atom stereocenters. The standard InChI is InChI=1S/C17H16N2O3/c20-16-4-2-1-3-13(16)11-18-14-5-7-15(8-6-14)19-9-10-22-12-17(19)21/h1-8,11,20H,9-10,12H2. The fourth-order valence-electron chi connectivity index (χ4n) is 2.25. The zero-order valence-corrected chi connectivity index (χ0v) is 12.0. The molecule has 22 heavy (non-hydrogen) atoms. The maximum Gasteiger partial charge on any atom is 0.253 e. The van der Waals surface area contributed by atoms with Gasteiger partial charge in [-0.3, -0.25) is 9.79 Å². The van der Waals surface area contributed by atoms with Gasteiger partial charge < -0.3 is 14.7 Å². The van der Waals surface area contributed by atoms with Gasteiger partial charge in [0, 0.05) is 24.0 Å². The summed E-state index contributed by atoms with van der Waals surface area (Å²) < 4.78 is 5.12. The number of amides is 1. The first-order valence-electron chi connectivity index (χ1n) is 7.04. The first-order chi connectivity index (χ1) is 10.7. The minimum Gasteiger partial charge on any atom is -0.507 e. The fourth-order valence-corrected chi connectivity index (χ4v) is 2.25. The number of hydrogen-bond donors (Lipinski definition) is 1. The van der Waals surface area contributed by atoms with Crippen molar-refractivity contribution < 1.29 is 14.6 Å². The van der Waals surface area contributed by atoms with Crippen molar-refractivity contribution in [1.82, 2.24) is 0 Å². The average molecular weight is 296 g/mol. The van der Waals surface area contributed by atoms with Crippen molar-refractivity contribution in [1.29, 1.82) is 0 Å². The zero-order valence-electron chi connectivity index (χ0n) is 12.0. The molecule has 2 aromatic rings. The number of aliphatic imine (C=N–C) groups is 1. The fraction of sp³-hybridized carbons (Fsp3) is 0.176. The van der Waals surface area contributed by atoms with Crippen molar-refractivity contribution in [2.45, 2.75) is 0 Å². The molecular formula is C17H16N2O3. The molecule has 1 amide bonds. The lowest BCUT2D eigenvalue weighted by molar-refractivity contribution is -0.125. The number of hydrogen-bond acceptors (Lipinski definition) is 4. The van der Waals surface area contributed by atoms with Crippen LogP contribution in [0.2, 0.25) is 0 Å². The second-order valence-corrected chi connectivity index (χ2v) is 4.93. The minimum atomic E-state index is -0.0308. The summed E-state index contributed by atoms with van der Waals surface area (Å²) in [6, 6.07) is 14.4. The number of morpholine rings is 1. The summed E-state index contributed by atoms with van der Waals surface area (Å²) >= 11 is 0. The van der Waals surface area contributed by atoms with Gasteiger partial charge in [-0.2, -0.15) is 0 Å². The molecule has 1 aliphatic rings. The van der Waals surface area contributed by atoms with Crippen molar-refractivity contribution in [2.24, 2.45) is 4.99 Å². The number of para-hydroxylation sites is 1. The molecule has 1 aliphatic heterocycles. The van der Waals surface area contributed by atoms with Crippen molar-refractivity contribution in [2.75, 3.05) is 24.7 Å². The summed E-state index contributed by atoms with van der Waals surface area (Å²) in [4.78, 5) is 17.8. The number of anilines is 1. The van der Waals surface area contributed by atoms with Gasteiger partial charge in [0.2, 0.25) is 0 Å². The van der Waals surface area contributed by atoms with Gasteiger partial charge in [0.05, 0.1) is 12.3 Å². The summed E-state index contributed by atoms with van der Waals surface area (Å²) in [5.41, 5.74) is 2.26. The maximum atomic E-state index is 11.8. The molecule has 5 nitrogen and oxygen atoms in total. The molecule has 0 spiro atoms. The van der Waals surface area contributed by atoms with E-state index in [1.165, 1.54) is 0 Å². The highest BCUT2D eigenvalue weighted by atomic mass is 16.5. The topological polar surface area (TPSA) is 62.1 Å². The molecule has 1 fully saturated rings. The van der Waals surface area contributed by atoms with Crippen LogP contribution in [-0.2, 0) is 9.53 Å². The predicted molar refractivity (Wildman–Crippen MR) is 85.0 cm³/mol. The van der Waals surface area contributed by atoms with Crippen LogP contribution in [0, 0.1) is 0 Å². The summed E-state index contributed by atoms with van der Waals surface area (Å²) in [5.74, 6) is 0.165. The first kappa shape index (κ1) is 14.3. The summed E-state index contributed by atoms with van der Waals surface area (Å²) in [6.07, 6.45) is 1.62. The van der Waals surface area contributed by atoms with E-state index in [4.69, 9.17) is 4.74 Å². The number of rotatable bonds is 3. The van der Waals surface area contributed by atoms with Crippen LogP contribution in [0.3, 0.4) is 0 Å². The molecule has 112 valence electrons. The number of nitrogens with zero attached hydrogens (tertiary/aromatic N) is 2. The molecule has 0 saturated carbocycles. The molecule has 0 aliphatic carbocycles. The van der Waals surface area contributed by atoms with Crippen molar-refractivity contribution in [3.05, 3.63) is 54.1 Å². The third-order valence-electron chi connectivity index (χ3n) is 3.44. The lowest BCUT2D eigenvalue weighted by Gasteiger charge is -2.26. The normalized spacial score (nSPS) is 15.5. The van der Waals surface area contributed by atoms with E-state index in [1.807, 2.05) is 30.3 Å². The third kappa shape index (κ3) is 3.15. The van der Waals surface area contributed by atoms with Crippen molar-refractivity contribution >= 4 is 23.5 Å². The number of carbonyl (C=O) groups excluding carboxylic acids is 1. The molecule has 0 radical (unpaired) electrons. The largest absolute Gasteiger partial charge is 0.507 e. The van der Waals surface area contributed by atoms with Crippen LogP contribution < -0.4 is 4.90 Å². The van der Waals surface area contributed by atoms with Crippen LogP contribution in [0.15, 0.2) is 53.5 Å². The zero-order chi connectivity index (χ0) is 15.4. The molecular weight excluding hydrogens is 280 g/mol. The van der Waals surface area contributed by atoms with Gasteiger partial charge in [-0.25, -0.2) is 0 Å². The Morgan fingerprint density at radius 1 is 1.14 bits per heavy atom. The van der Waals surface area contributed by atoms with Crippen LogP contribution in [-0.4, -0.2) is 37.0 Å². The van der Waals surface area contributed by atoms with Crippen LogP contribution in [0.25, 0.3) is 0 Å². The molecule has 1 heterocycles. The SMILES string of the molecule is O=C1COCCN1c1ccc(N=Cc2ccccc2O)cc1. The van der Waals surface area contributed by atoms with E-state index in [-0.39, 0.29) is 18.3 Å². The lowest BCUT2D eigenvalue weighted by Crippen LogP contribution is -2.41. The molecule has 0 bridgehead atoms. The van der Waals surface area contributed by atoms with Gasteiger partial charge in [-0.1, -0.05) is 12.1 Å². The second-order valence-electron chi connectivity index (χ2n) is 4.93. The Labute approximate surface area is 128 Å². The number of phenols is 1. The quantitative estimate of drug-likeness (QED) is 0.885. The van der Waals surface area contributed by atoms with E-state index < -0.39 is 0 Å². The minimum absolute atomic E-state index is 0.0308. The Hall–Kier alpha value is -2.66. The van der Waals surface area contributed by atoms with E-state index in [1.54, 1.807) is 29.3 Å². The number of phenolic OH excluding ortho intramolecular Hbond substituents is 1. The van der Waals surface area contributed by atoms with Gasteiger partial charge in [0.25, 0.3) is 5.91 Å². The Balaban J connectivity index is 1.74. The summed E-state index contributed by atoms with van der Waals surface area (Å²) in [5, 5.41) is 9.68. The van der Waals surface area contributed by atoms with Crippen molar-refractivity contribution in [3.63, 3.8) is 0 Å². The van der Waals surface area contributed by atoms with E-state index in [2.05, 4.69) is 4.99 Å². The Kier molecular flexibility index (Phi) is 4.16. The van der Waals surface area contributed by atoms with Crippen molar-refractivity contribution in [3.8, 4) is 5.75 Å². The van der Waals surface area contributed by atoms with Gasteiger partial charge in [-0.05, 0) is 36.4 Å². The number of carbonyl (C=O) groups is 1. The number of aromatic hydroxyl groups is 1. The molecule has 5 heteroatoms.